The molecule has 0 saturated carbocycles. The molecule has 0 fully saturated rings. The van der Waals surface area contributed by atoms with Gasteiger partial charge in [0.15, 0.2) is 11.4 Å². The van der Waals surface area contributed by atoms with Gasteiger partial charge in [-0.1, -0.05) is 29.8 Å². The van der Waals surface area contributed by atoms with E-state index in [-0.39, 0.29) is 5.56 Å². The van der Waals surface area contributed by atoms with Gasteiger partial charge in [0.2, 0.25) is 0 Å². The number of hydrogen-bond donors (Lipinski definition) is 3. The van der Waals surface area contributed by atoms with E-state index in [1.165, 1.54) is 12.1 Å². The van der Waals surface area contributed by atoms with Crippen LogP contribution in [0.5, 0.6) is 0 Å². The summed E-state index contributed by atoms with van der Waals surface area (Å²) in [4.78, 5) is 40.2. The minimum atomic E-state index is -4.84. The Morgan fingerprint density at radius 1 is 1.22 bits per heavy atom. The van der Waals surface area contributed by atoms with Gasteiger partial charge < -0.3 is 14.9 Å². The third-order valence-electron chi connectivity index (χ3n) is 2.44. The largest absolute Gasteiger partial charge is 0.481 e. The predicted molar refractivity (Wildman–Crippen MR) is 63.6 cm³/mol. The first kappa shape index (κ1) is 14.6. The van der Waals surface area contributed by atoms with Crippen LogP contribution >= 0.6 is 7.60 Å². The van der Waals surface area contributed by atoms with Crippen LogP contribution in [-0.4, -0.2) is 32.3 Å². The summed E-state index contributed by atoms with van der Waals surface area (Å²) in [5, 5.41) is 8.70. The van der Waals surface area contributed by atoms with Crippen molar-refractivity contribution in [3.63, 3.8) is 0 Å². The zero-order valence-electron chi connectivity index (χ0n) is 9.61. The van der Waals surface area contributed by atoms with Crippen LogP contribution < -0.4 is 0 Å². The van der Waals surface area contributed by atoms with Crippen LogP contribution in [0.4, 0.5) is 0 Å². The number of rotatable bonds is 5. The zero-order valence-corrected chi connectivity index (χ0v) is 10.5. The van der Waals surface area contributed by atoms with Gasteiger partial charge in [0.25, 0.3) is 0 Å². The Hall–Kier alpha value is -1.49. The van der Waals surface area contributed by atoms with E-state index in [2.05, 4.69) is 0 Å². The molecular formula is C11H13O6P. The molecule has 1 aromatic carbocycles. The molecule has 0 aliphatic rings. The number of aliphatic carboxylic acids is 1. The summed E-state index contributed by atoms with van der Waals surface area (Å²) < 4.78 is 11.0. The Labute approximate surface area is 103 Å². The average molecular weight is 272 g/mol. The highest BCUT2D eigenvalue weighted by Gasteiger charge is 2.37. The number of carboxylic acids is 1. The molecule has 1 unspecified atom stereocenters. The highest BCUT2D eigenvalue weighted by molar-refractivity contribution is 7.53. The Balaban J connectivity index is 2.89. The lowest BCUT2D eigenvalue weighted by molar-refractivity contribution is -0.136. The second kappa shape index (κ2) is 5.44. The third-order valence-corrected chi connectivity index (χ3v) is 3.66. The molecule has 6 nitrogen and oxygen atoms in total. The van der Waals surface area contributed by atoms with E-state index in [1.807, 2.05) is 6.92 Å². The number of hydrogen-bond acceptors (Lipinski definition) is 3. The highest BCUT2D eigenvalue weighted by Crippen LogP contribution is 2.43. The van der Waals surface area contributed by atoms with Gasteiger partial charge in [-0.05, 0) is 6.92 Å². The Morgan fingerprint density at radius 2 is 1.72 bits per heavy atom. The number of carbonyl (C=O) groups is 2. The molecule has 0 spiro atoms. The van der Waals surface area contributed by atoms with Gasteiger partial charge in [-0.2, -0.15) is 0 Å². The highest BCUT2D eigenvalue weighted by atomic mass is 31.2. The molecule has 0 heterocycles. The molecule has 0 aliphatic heterocycles. The van der Waals surface area contributed by atoms with E-state index in [0.717, 1.165) is 5.56 Å². The minimum Gasteiger partial charge on any atom is -0.481 e. The van der Waals surface area contributed by atoms with Gasteiger partial charge in [-0.15, -0.1) is 0 Å². The second-order valence-electron chi connectivity index (χ2n) is 3.94. The molecule has 0 saturated heterocycles. The summed E-state index contributed by atoms with van der Waals surface area (Å²) in [7, 11) is -4.84. The smallest absolute Gasteiger partial charge is 0.340 e. The van der Waals surface area contributed by atoms with Crippen molar-refractivity contribution in [1.82, 2.24) is 0 Å². The lowest BCUT2D eigenvalue weighted by Crippen LogP contribution is -2.24. The van der Waals surface area contributed by atoms with Gasteiger partial charge in [0.1, 0.15) is 0 Å². The average Bonchev–Trinajstić information content (AvgIpc) is 2.24. The maximum absolute atomic E-state index is 11.7. The summed E-state index contributed by atoms with van der Waals surface area (Å²) in [5.41, 5.74) is -0.831. The maximum atomic E-state index is 11.7. The fraction of sp³-hybridized carbons (Fsp3) is 0.273. The van der Waals surface area contributed by atoms with Crippen molar-refractivity contribution in [3.8, 4) is 0 Å². The summed E-state index contributed by atoms with van der Waals surface area (Å²) in [5.74, 6) is -2.28. The fourth-order valence-electron chi connectivity index (χ4n) is 1.38. The molecular weight excluding hydrogens is 259 g/mol. The fourth-order valence-corrected chi connectivity index (χ4v) is 2.07. The van der Waals surface area contributed by atoms with Crippen molar-refractivity contribution in [2.24, 2.45) is 0 Å². The molecule has 1 atom stereocenters. The molecule has 0 amide bonds. The van der Waals surface area contributed by atoms with Crippen LogP contribution in [0.1, 0.15) is 22.3 Å². The van der Waals surface area contributed by atoms with Gasteiger partial charge in [-0.3, -0.25) is 14.2 Å². The number of ketones is 1. The van der Waals surface area contributed by atoms with Gasteiger partial charge in [0.05, 0.1) is 0 Å². The minimum absolute atomic E-state index is 0.236. The van der Waals surface area contributed by atoms with Crippen LogP contribution in [0, 0.1) is 6.92 Å². The van der Waals surface area contributed by atoms with Crippen molar-refractivity contribution in [2.45, 2.75) is 19.0 Å². The molecule has 18 heavy (non-hydrogen) atoms. The molecule has 3 N–H and O–H groups in total. The lowest BCUT2D eigenvalue weighted by Gasteiger charge is -2.13. The summed E-state index contributed by atoms with van der Waals surface area (Å²) in [6, 6.07) is 6.33. The molecule has 1 rings (SSSR count). The molecule has 7 heteroatoms. The Morgan fingerprint density at radius 3 is 2.11 bits per heavy atom. The Kier molecular flexibility index (Phi) is 4.40. The van der Waals surface area contributed by atoms with E-state index in [4.69, 9.17) is 14.9 Å². The lowest BCUT2D eigenvalue weighted by atomic mass is 10.1. The van der Waals surface area contributed by atoms with E-state index in [1.54, 1.807) is 12.1 Å². The number of benzene rings is 1. The number of carbonyl (C=O) groups excluding carboxylic acids is 1. The normalized spacial score (nSPS) is 13.1. The monoisotopic (exact) mass is 272 g/mol. The third kappa shape index (κ3) is 3.77. The topological polar surface area (TPSA) is 112 Å². The SMILES string of the molecule is Cc1ccc(C(=O)CC(C(=O)O)P(=O)(O)O)cc1. The number of aryl methyl sites for hydroxylation is 1. The van der Waals surface area contributed by atoms with Gasteiger partial charge in [0, 0.05) is 12.0 Å². The van der Waals surface area contributed by atoms with Crippen LogP contribution in [0.2, 0.25) is 0 Å². The van der Waals surface area contributed by atoms with Crippen LogP contribution in [0.15, 0.2) is 24.3 Å². The summed E-state index contributed by atoms with van der Waals surface area (Å²) in [6.45, 7) is 1.82. The molecule has 98 valence electrons. The van der Waals surface area contributed by atoms with Crippen LogP contribution in [-0.2, 0) is 9.36 Å². The van der Waals surface area contributed by atoms with E-state index < -0.39 is 31.4 Å². The maximum Gasteiger partial charge on any atom is 0.340 e. The Bertz CT molecular complexity index is 501. The van der Waals surface area contributed by atoms with Crippen molar-refractivity contribution < 1.29 is 29.0 Å². The molecule has 0 radical (unpaired) electrons. The van der Waals surface area contributed by atoms with Crippen LogP contribution in [0.25, 0.3) is 0 Å². The van der Waals surface area contributed by atoms with Gasteiger partial charge in [-0.25, -0.2) is 0 Å². The molecule has 0 aliphatic carbocycles. The first-order valence-electron chi connectivity index (χ1n) is 5.09. The van der Waals surface area contributed by atoms with E-state index >= 15 is 0 Å². The summed E-state index contributed by atoms with van der Waals surface area (Å²) in [6.07, 6.45) is -0.720. The quantitative estimate of drug-likeness (QED) is 0.548. The van der Waals surface area contributed by atoms with Crippen molar-refractivity contribution in [1.29, 1.82) is 0 Å². The van der Waals surface area contributed by atoms with Crippen molar-refractivity contribution in [2.75, 3.05) is 0 Å². The number of Topliss-reactive ketones (excluding diaryl/α,β-unsaturated/α-hetero) is 1. The first-order chi connectivity index (χ1) is 8.21. The van der Waals surface area contributed by atoms with Gasteiger partial charge >= 0.3 is 13.6 Å². The molecule has 1 aromatic rings. The van der Waals surface area contributed by atoms with Crippen molar-refractivity contribution in [3.05, 3.63) is 35.4 Å². The summed E-state index contributed by atoms with van der Waals surface area (Å²) >= 11 is 0. The number of carboxylic acid groups (broad SMARTS) is 1. The van der Waals surface area contributed by atoms with E-state index in [0.29, 0.717) is 0 Å². The van der Waals surface area contributed by atoms with Crippen LogP contribution in [0.3, 0.4) is 0 Å². The predicted octanol–water partition coefficient (Wildman–Crippen LogP) is 1.20. The standard InChI is InChI=1S/C11H13O6P/c1-7-2-4-8(5-3-7)9(12)6-10(11(13)14)18(15,16)17/h2-5,10H,6H2,1H3,(H,13,14)(H2,15,16,17). The zero-order chi connectivity index (χ0) is 13.9. The van der Waals surface area contributed by atoms with E-state index in [9.17, 15) is 14.2 Å². The molecule has 0 bridgehead atoms. The van der Waals surface area contributed by atoms with Crippen molar-refractivity contribution >= 4 is 19.3 Å². The molecule has 0 aromatic heterocycles. The second-order valence-corrected chi connectivity index (χ2v) is 5.74. The first-order valence-corrected chi connectivity index (χ1v) is 6.78.